The molecule has 0 unspecified atom stereocenters. The smallest absolute Gasteiger partial charge is 0.248 e. The SMILES string of the molecule is CCOc1cc(/C=C/C(=O)Nc2cccc(COC)c2)ccc1OC. The van der Waals surface area contributed by atoms with E-state index in [1.165, 1.54) is 6.08 Å². The van der Waals surface area contributed by atoms with Crippen LogP contribution in [0.15, 0.2) is 48.5 Å². The standard InChI is InChI=1S/C20H23NO4/c1-4-25-19-13-15(8-10-18(19)24-3)9-11-20(22)21-17-7-5-6-16(12-17)14-23-2/h5-13H,4,14H2,1-3H3,(H,21,22)/b11-9+. The summed E-state index contributed by atoms with van der Waals surface area (Å²) < 4.78 is 15.9. The number of carbonyl (C=O) groups is 1. The quantitative estimate of drug-likeness (QED) is 0.740. The first-order valence-electron chi connectivity index (χ1n) is 8.04. The van der Waals surface area contributed by atoms with Crippen LogP contribution in [-0.4, -0.2) is 26.7 Å². The van der Waals surface area contributed by atoms with E-state index in [2.05, 4.69) is 5.32 Å². The fraction of sp³-hybridized carbons (Fsp3) is 0.250. The van der Waals surface area contributed by atoms with Gasteiger partial charge in [0, 0.05) is 18.9 Å². The van der Waals surface area contributed by atoms with Crippen molar-refractivity contribution in [3.8, 4) is 11.5 Å². The summed E-state index contributed by atoms with van der Waals surface area (Å²) in [6.07, 6.45) is 3.22. The van der Waals surface area contributed by atoms with Crippen LogP contribution < -0.4 is 14.8 Å². The monoisotopic (exact) mass is 341 g/mol. The first kappa shape index (κ1) is 18.5. The molecule has 0 aromatic heterocycles. The van der Waals surface area contributed by atoms with E-state index in [0.29, 0.717) is 24.7 Å². The molecular weight excluding hydrogens is 318 g/mol. The van der Waals surface area contributed by atoms with Gasteiger partial charge in [-0.15, -0.1) is 0 Å². The summed E-state index contributed by atoms with van der Waals surface area (Å²) in [4.78, 5) is 12.1. The van der Waals surface area contributed by atoms with Crippen molar-refractivity contribution in [2.75, 3.05) is 26.1 Å². The minimum Gasteiger partial charge on any atom is -0.493 e. The maximum Gasteiger partial charge on any atom is 0.248 e. The molecule has 1 N–H and O–H groups in total. The average molecular weight is 341 g/mol. The number of hydrogen-bond acceptors (Lipinski definition) is 4. The third kappa shape index (κ3) is 5.65. The number of amides is 1. The fourth-order valence-corrected chi connectivity index (χ4v) is 2.33. The topological polar surface area (TPSA) is 56.8 Å². The number of anilines is 1. The Hall–Kier alpha value is -2.79. The molecule has 5 heteroatoms. The largest absolute Gasteiger partial charge is 0.493 e. The summed E-state index contributed by atoms with van der Waals surface area (Å²) in [5, 5.41) is 2.84. The van der Waals surface area contributed by atoms with E-state index in [0.717, 1.165) is 16.8 Å². The number of hydrogen-bond donors (Lipinski definition) is 1. The molecule has 1 amide bonds. The lowest BCUT2D eigenvalue weighted by Gasteiger charge is -2.09. The number of nitrogens with one attached hydrogen (secondary N) is 1. The van der Waals surface area contributed by atoms with Crippen LogP contribution >= 0.6 is 0 Å². The predicted molar refractivity (Wildman–Crippen MR) is 99.0 cm³/mol. The lowest BCUT2D eigenvalue weighted by atomic mass is 10.2. The lowest BCUT2D eigenvalue weighted by molar-refractivity contribution is -0.111. The van der Waals surface area contributed by atoms with Gasteiger partial charge in [-0.25, -0.2) is 0 Å². The highest BCUT2D eigenvalue weighted by molar-refractivity contribution is 6.02. The molecule has 0 aliphatic heterocycles. The Labute approximate surface area is 148 Å². The highest BCUT2D eigenvalue weighted by atomic mass is 16.5. The van der Waals surface area contributed by atoms with Crippen LogP contribution in [0.1, 0.15) is 18.1 Å². The van der Waals surface area contributed by atoms with Crippen LogP contribution in [0.2, 0.25) is 0 Å². The van der Waals surface area contributed by atoms with Gasteiger partial charge in [-0.3, -0.25) is 4.79 Å². The Morgan fingerprint density at radius 3 is 2.68 bits per heavy atom. The molecule has 0 saturated carbocycles. The van der Waals surface area contributed by atoms with Gasteiger partial charge in [0.2, 0.25) is 5.91 Å². The van der Waals surface area contributed by atoms with Crippen molar-refractivity contribution in [2.45, 2.75) is 13.5 Å². The minimum atomic E-state index is -0.205. The third-order valence-electron chi connectivity index (χ3n) is 3.42. The van der Waals surface area contributed by atoms with Crippen LogP contribution in [0.5, 0.6) is 11.5 Å². The Balaban J connectivity index is 2.04. The Morgan fingerprint density at radius 2 is 1.96 bits per heavy atom. The van der Waals surface area contributed by atoms with Crippen LogP contribution in [-0.2, 0) is 16.1 Å². The lowest BCUT2D eigenvalue weighted by Crippen LogP contribution is -2.08. The Kier molecular flexibility index (Phi) is 7.04. The summed E-state index contributed by atoms with van der Waals surface area (Å²) >= 11 is 0. The summed E-state index contributed by atoms with van der Waals surface area (Å²) in [7, 11) is 3.23. The number of methoxy groups -OCH3 is 2. The summed E-state index contributed by atoms with van der Waals surface area (Å²) in [5.41, 5.74) is 2.59. The van der Waals surface area contributed by atoms with Crippen LogP contribution in [0, 0.1) is 0 Å². The zero-order valence-electron chi connectivity index (χ0n) is 14.7. The Bertz CT molecular complexity index is 740. The first-order valence-corrected chi connectivity index (χ1v) is 8.04. The van der Waals surface area contributed by atoms with E-state index in [9.17, 15) is 4.79 Å². The van der Waals surface area contributed by atoms with Gasteiger partial charge in [0.05, 0.1) is 20.3 Å². The molecule has 0 saturated heterocycles. The van der Waals surface area contributed by atoms with Gasteiger partial charge in [0.25, 0.3) is 0 Å². The van der Waals surface area contributed by atoms with Gasteiger partial charge in [-0.05, 0) is 48.4 Å². The maximum absolute atomic E-state index is 12.1. The highest BCUT2D eigenvalue weighted by Gasteiger charge is 2.04. The van der Waals surface area contributed by atoms with Crippen molar-refractivity contribution in [1.82, 2.24) is 0 Å². The maximum atomic E-state index is 12.1. The van der Waals surface area contributed by atoms with Gasteiger partial charge in [-0.1, -0.05) is 18.2 Å². The van der Waals surface area contributed by atoms with E-state index >= 15 is 0 Å². The van der Waals surface area contributed by atoms with Crippen molar-refractivity contribution in [3.05, 3.63) is 59.7 Å². The molecule has 2 rings (SSSR count). The van der Waals surface area contributed by atoms with Crippen LogP contribution in [0.4, 0.5) is 5.69 Å². The molecule has 0 aliphatic carbocycles. The predicted octanol–water partition coefficient (Wildman–Crippen LogP) is 3.89. The number of rotatable bonds is 8. The molecule has 0 bridgehead atoms. The van der Waals surface area contributed by atoms with E-state index < -0.39 is 0 Å². The number of ether oxygens (including phenoxy) is 3. The van der Waals surface area contributed by atoms with Gasteiger partial charge < -0.3 is 19.5 Å². The molecular formula is C20H23NO4. The molecule has 0 heterocycles. The van der Waals surface area contributed by atoms with E-state index in [1.54, 1.807) is 20.3 Å². The van der Waals surface area contributed by atoms with Gasteiger partial charge in [0.1, 0.15) is 0 Å². The second kappa shape index (κ2) is 9.49. The third-order valence-corrected chi connectivity index (χ3v) is 3.42. The molecule has 0 atom stereocenters. The number of carbonyl (C=O) groups excluding carboxylic acids is 1. The molecule has 0 spiro atoms. The van der Waals surface area contributed by atoms with Crippen molar-refractivity contribution >= 4 is 17.7 Å². The minimum absolute atomic E-state index is 0.205. The van der Waals surface area contributed by atoms with Crippen LogP contribution in [0.3, 0.4) is 0 Å². The van der Waals surface area contributed by atoms with Crippen molar-refractivity contribution in [2.24, 2.45) is 0 Å². The van der Waals surface area contributed by atoms with E-state index in [-0.39, 0.29) is 5.91 Å². The molecule has 132 valence electrons. The molecule has 2 aromatic rings. The molecule has 25 heavy (non-hydrogen) atoms. The molecule has 0 aliphatic rings. The highest BCUT2D eigenvalue weighted by Crippen LogP contribution is 2.28. The van der Waals surface area contributed by atoms with E-state index in [1.807, 2.05) is 49.4 Å². The van der Waals surface area contributed by atoms with Crippen molar-refractivity contribution < 1.29 is 19.0 Å². The first-order chi connectivity index (χ1) is 12.2. The molecule has 5 nitrogen and oxygen atoms in total. The fourth-order valence-electron chi connectivity index (χ4n) is 2.33. The van der Waals surface area contributed by atoms with E-state index in [4.69, 9.17) is 14.2 Å². The summed E-state index contributed by atoms with van der Waals surface area (Å²) in [6.45, 7) is 2.96. The average Bonchev–Trinajstić information content (AvgIpc) is 2.61. The number of benzene rings is 2. The zero-order valence-corrected chi connectivity index (χ0v) is 14.7. The normalized spacial score (nSPS) is 10.7. The van der Waals surface area contributed by atoms with Crippen molar-refractivity contribution in [3.63, 3.8) is 0 Å². The zero-order chi connectivity index (χ0) is 18.1. The van der Waals surface area contributed by atoms with Crippen LogP contribution in [0.25, 0.3) is 6.08 Å². The van der Waals surface area contributed by atoms with Gasteiger partial charge in [0.15, 0.2) is 11.5 Å². The summed E-state index contributed by atoms with van der Waals surface area (Å²) in [6, 6.07) is 13.1. The van der Waals surface area contributed by atoms with Gasteiger partial charge >= 0.3 is 0 Å². The summed E-state index contributed by atoms with van der Waals surface area (Å²) in [5.74, 6) is 1.11. The Morgan fingerprint density at radius 1 is 1.12 bits per heavy atom. The molecule has 2 aromatic carbocycles. The molecule has 0 fully saturated rings. The second-order valence-corrected chi connectivity index (χ2v) is 5.30. The second-order valence-electron chi connectivity index (χ2n) is 5.30. The molecule has 0 radical (unpaired) electrons. The van der Waals surface area contributed by atoms with Gasteiger partial charge in [-0.2, -0.15) is 0 Å². The van der Waals surface area contributed by atoms with Crippen molar-refractivity contribution in [1.29, 1.82) is 0 Å².